The van der Waals surface area contributed by atoms with Crippen molar-refractivity contribution in [2.45, 2.75) is 23.7 Å². The molecule has 2 heterocycles. The molecule has 2 aromatic heterocycles. The predicted molar refractivity (Wildman–Crippen MR) is 77.9 cm³/mol. The van der Waals surface area contributed by atoms with E-state index in [2.05, 4.69) is 15.0 Å². The molecule has 0 aliphatic rings. The second kappa shape index (κ2) is 6.10. The van der Waals surface area contributed by atoms with E-state index in [0.717, 1.165) is 10.6 Å². The summed E-state index contributed by atoms with van der Waals surface area (Å²) in [6.45, 7) is 2.45. The Morgan fingerprint density at radius 3 is 2.84 bits per heavy atom. The molecule has 2 aromatic rings. The first kappa shape index (κ1) is 14.6. The van der Waals surface area contributed by atoms with Gasteiger partial charge in [0.05, 0.1) is 6.04 Å². The molecule has 19 heavy (non-hydrogen) atoms. The van der Waals surface area contributed by atoms with Crippen LogP contribution in [0.2, 0.25) is 0 Å². The lowest BCUT2D eigenvalue weighted by molar-refractivity contribution is 0.568. The summed E-state index contributed by atoms with van der Waals surface area (Å²) in [6.07, 6.45) is 1.67. The number of thiophene rings is 1. The lowest BCUT2D eigenvalue weighted by Crippen LogP contribution is -2.26. The van der Waals surface area contributed by atoms with E-state index in [4.69, 9.17) is 0 Å². The Balaban J connectivity index is 2.13. The predicted octanol–water partition coefficient (Wildman–Crippen LogP) is 1.96. The minimum absolute atomic E-state index is 0.320. The van der Waals surface area contributed by atoms with Crippen LogP contribution >= 0.6 is 22.7 Å². The highest BCUT2D eigenvalue weighted by Crippen LogP contribution is 2.23. The van der Waals surface area contributed by atoms with Gasteiger partial charge >= 0.3 is 0 Å². The van der Waals surface area contributed by atoms with Gasteiger partial charge in [0, 0.05) is 18.1 Å². The first-order valence-corrected chi connectivity index (χ1v) is 8.91. The van der Waals surface area contributed by atoms with Gasteiger partial charge in [0.2, 0.25) is 0 Å². The Morgan fingerprint density at radius 2 is 2.21 bits per heavy atom. The van der Waals surface area contributed by atoms with Gasteiger partial charge in [-0.15, -0.1) is 22.7 Å². The molecule has 8 heteroatoms. The van der Waals surface area contributed by atoms with Gasteiger partial charge in [-0.05, 0) is 31.0 Å². The van der Waals surface area contributed by atoms with Crippen molar-refractivity contribution in [1.29, 1.82) is 0 Å². The van der Waals surface area contributed by atoms with E-state index in [1.54, 1.807) is 19.2 Å². The highest BCUT2D eigenvalue weighted by Gasteiger charge is 2.21. The first-order chi connectivity index (χ1) is 9.03. The number of nitrogens with one attached hydrogen (secondary N) is 2. The van der Waals surface area contributed by atoms with E-state index in [-0.39, 0.29) is 6.04 Å². The van der Waals surface area contributed by atoms with Crippen molar-refractivity contribution in [3.8, 4) is 0 Å². The van der Waals surface area contributed by atoms with E-state index >= 15 is 0 Å². The molecule has 1 atom stereocenters. The van der Waals surface area contributed by atoms with Crippen LogP contribution in [0.1, 0.15) is 23.5 Å². The van der Waals surface area contributed by atoms with Crippen molar-refractivity contribution in [1.82, 2.24) is 15.0 Å². The zero-order valence-electron chi connectivity index (χ0n) is 10.6. The maximum atomic E-state index is 12.2. The van der Waals surface area contributed by atoms with E-state index in [1.165, 1.54) is 22.7 Å². The van der Waals surface area contributed by atoms with E-state index in [0.29, 0.717) is 10.8 Å². The van der Waals surface area contributed by atoms with Crippen LogP contribution in [0.15, 0.2) is 27.2 Å². The number of aromatic nitrogens is 1. The number of rotatable bonds is 6. The molecule has 1 unspecified atom stereocenters. The number of thiazole rings is 1. The maximum absolute atomic E-state index is 12.2. The Morgan fingerprint density at radius 1 is 1.42 bits per heavy atom. The zero-order chi connectivity index (χ0) is 13.9. The summed E-state index contributed by atoms with van der Waals surface area (Å²) in [7, 11) is -1.65. The Hall–Kier alpha value is -0.800. The van der Waals surface area contributed by atoms with E-state index in [1.807, 2.05) is 17.8 Å². The summed E-state index contributed by atoms with van der Waals surface area (Å²) in [5.41, 5.74) is 0.967. The zero-order valence-corrected chi connectivity index (χ0v) is 13.0. The molecule has 0 aliphatic carbocycles. The van der Waals surface area contributed by atoms with Crippen LogP contribution in [0, 0.1) is 0 Å². The molecular weight excluding hydrogens is 302 g/mol. The first-order valence-electron chi connectivity index (χ1n) is 5.66. The van der Waals surface area contributed by atoms with Gasteiger partial charge in [-0.3, -0.25) is 0 Å². The lowest BCUT2D eigenvalue weighted by atomic mass is 10.3. The highest BCUT2D eigenvalue weighted by molar-refractivity contribution is 7.91. The Kier molecular flexibility index (Phi) is 4.69. The molecular formula is C11H15N3O2S3. The third kappa shape index (κ3) is 3.61. The third-order valence-corrected chi connectivity index (χ3v) is 6.42. The van der Waals surface area contributed by atoms with Crippen LogP contribution in [0.4, 0.5) is 0 Å². The van der Waals surface area contributed by atoms with Gasteiger partial charge in [-0.2, -0.15) is 0 Å². The van der Waals surface area contributed by atoms with Crippen LogP contribution in [-0.2, 0) is 16.6 Å². The van der Waals surface area contributed by atoms with Gasteiger partial charge in [0.1, 0.15) is 9.22 Å². The van der Waals surface area contributed by atoms with Crippen molar-refractivity contribution < 1.29 is 8.42 Å². The van der Waals surface area contributed by atoms with Crippen molar-refractivity contribution in [2.75, 3.05) is 7.05 Å². The van der Waals surface area contributed by atoms with Gasteiger partial charge in [-0.25, -0.2) is 18.1 Å². The number of hydrogen-bond acceptors (Lipinski definition) is 6. The monoisotopic (exact) mass is 317 g/mol. The minimum atomic E-state index is -3.48. The van der Waals surface area contributed by atoms with Crippen molar-refractivity contribution in [3.63, 3.8) is 0 Å². The Bertz CT molecular complexity index is 619. The molecule has 0 aromatic carbocycles. The molecule has 0 radical (unpaired) electrons. The van der Waals surface area contributed by atoms with Crippen LogP contribution in [-0.4, -0.2) is 20.4 Å². The van der Waals surface area contributed by atoms with Gasteiger partial charge in [0.25, 0.3) is 10.0 Å². The van der Waals surface area contributed by atoms with Crippen molar-refractivity contribution >= 4 is 32.7 Å². The molecule has 0 bridgehead atoms. The molecule has 2 rings (SSSR count). The SMILES string of the molecule is CNCc1csc(S(=O)(=O)NC(C)c2nccs2)c1. The normalized spacial score (nSPS) is 13.6. The van der Waals surface area contributed by atoms with Crippen LogP contribution in [0.25, 0.3) is 0 Å². The molecule has 0 saturated carbocycles. The quantitative estimate of drug-likeness (QED) is 0.854. The number of sulfonamides is 1. The topological polar surface area (TPSA) is 71.1 Å². The second-order valence-corrected chi connectivity index (χ2v) is 7.80. The minimum Gasteiger partial charge on any atom is -0.316 e. The number of nitrogens with zero attached hydrogens (tertiary/aromatic N) is 1. The summed E-state index contributed by atoms with van der Waals surface area (Å²) in [6, 6.07) is 1.37. The molecule has 104 valence electrons. The summed E-state index contributed by atoms with van der Waals surface area (Å²) < 4.78 is 27.4. The largest absolute Gasteiger partial charge is 0.316 e. The van der Waals surface area contributed by atoms with Crippen LogP contribution in [0.5, 0.6) is 0 Å². The standard InChI is InChI=1S/C11H15N3O2S3/c1-8(11-13-3-4-17-11)14-19(15,16)10-5-9(6-12-2)7-18-10/h3-5,7-8,12,14H,6H2,1-2H3. The van der Waals surface area contributed by atoms with Crippen molar-refractivity contribution in [2.24, 2.45) is 0 Å². The summed E-state index contributed by atoms with van der Waals surface area (Å²) in [5, 5.41) is 7.43. The molecule has 2 N–H and O–H groups in total. The smallest absolute Gasteiger partial charge is 0.250 e. The molecule has 5 nitrogen and oxygen atoms in total. The highest BCUT2D eigenvalue weighted by atomic mass is 32.2. The molecule has 0 amide bonds. The average Bonchev–Trinajstić information content (AvgIpc) is 2.99. The van der Waals surface area contributed by atoms with Crippen molar-refractivity contribution in [3.05, 3.63) is 33.6 Å². The average molecular weight is 317 g/mol. The maximum Gasteiger partial charge on any atom is 0.250 e. The Labute approximate surface area is 120 Å². The lowest BCUT2D eigenvalue weighted by Gasteiger charge is -2.10. The fraction of sp³-hybridized carbons (Fsp3) is 0.364. The van der Waals surface area contributed by atoms with Gasteiger partial charge < -0.3 is 5.32 Å². The second-order valence-electron chi connectivity index (χ2n) is 4.02. The molecule has 0 aliphatic heterocycles. The summed E-state index contributed by atoms with van der Waals surface area (Å²) >= 11 is 2.66. The van der Waals surface area contributed by atoms with E-state index < -0.39 is 10.0 Å². The summed E-state index contributed by atoms with van der Waals surface area (Å²) in [5.74, 6) is 0. The van der Waals surface area contributed by atoms with Crippen LogP contribution < -0.4 is 10.0 Å². The fourth-order valence-corrected chi connectivity index (χ4v) is 4.73. The van der Waals surface area contributed by atoms with Gasteiger partial charge in [0.15, 0.2) is 0 Å². The third-order valence-electron chi connectivity index (χ3n) is 2.43. The molecule has 0 spiro atoms. The van der Waals surface area contributed by atoms with Crippen LogP contribution in [0.3, 0.4) is 0 Å². The molecule has 0 saturated heterocycles. The number of hydrogen-bond donors (Lipinski definition) is 2. The van der Waals surface area contributed by atoms with E-state index in [9.17, 15) is 8.42 Å². The summed E-state index contributed by atoms with van der Waals surface area (Å²) in [4.78, 5) is 4.11. The molecule has 0 fully saturated rings. The van der Waals surface area contributed by atoms with Gasteiger partial charge in [-0.1, -0.05) is 0 Å². The fourth-order valence-electron chi connectivity index (χ4n) is 1.58.